The highest BCUT2D eigenvalue weighted by Crippen LogP contribution is 2.31. The van der Waals surface area contributed by atoms with Crippen molar-refractivity contribution in [3.63, 3.8) is 0 Å². The van der Waals surface area contributed by atoms with Crippen LogP contribution in [0.3, 0.4) is 0 Å². The van der Waals surface area contributed by atoms with E-state index in [1.807, 2.05) is 6.92 Å². The fourth-order valence-electron chi connectivity index (χ4n) is 2.82. The van der Waals surface area contributed by atoms with E-state index in [2.05, 4.69) is 5.32 Å². The molecule has 21 heavy (non-hydrogen) atoms. The summed E-state index contributed by atoms with van der Waals surface area (Å²) >= 11 is 0. The minimum atomic E-state index is -0.519. The highest BCUT2D eigenvalue weighted by molar-refractivity contribution is 5.51. The van der Waals surface area contributed by atoms with Gasteiger partial charge in [0.2, 0.25) is 0 Å². The summed E-state index contributed by atoms with van der Waals surface area (Å²) < 4.78 is 28.5. The Kier molecular flexibility index (Phi) is 5.53. The molecular formula is C16H24F2N2O. The van der Waals surface area contributed by atoms with Gasteiger partial charge in [0.05, 0.1) is 6.10 Å². The molecule has 2 atom stereocenters. The van der Waals surface area contributed by atoms with Crippen LogP contribution in [0.5, 0.6) is 0 Å². The Morgan fingerprint density at radius 2 is 2.05 bits per heavy atom. The second kappa shape index (κ2) is 7.18. The quantitative estimate of drug-likeness (QED) is 0.793. The lowest BCUT2D eigenvalue weighted by Gasteiger charge is -2.21. The van der Waals surface area contributed by atoms with Crippen molar-refractivity contribution in [3.8, 4) is 0 Å². The van der Waals surface area contributed by atoms with Crippen molar-refractivity contribution in [2.45, 2.75) is 39.3 Å². The van der Waals surface area contributed by atoms with E-state index in [1.165, 1.54) is 12.1 Å². The molecule has 5 heteroatoms. The molecule has 0 amide bonds. The molecule has 0 bridgehead atoms. The third-order valence-electron chi connectivity index (χ3n) is 4.06. The monoisotopic (exact) mass is 298 g/mol. The van der Waals surface area contributed by atoms with E-state index in [9.17, 15) is 13.9 Å². The van der Waals surface area contributed by atoms with E-state index >= 15 is 0 Å². The van der Waals surface area contributed by atoms with Crippen LogP contribution in [0.2, 0.25) is 0 Å². The molecule has 0 aromatic heterocycles. The average Bonchev–Trinajstić information content (AvgIpc) is 2.88. The highest BCUT2D eigenvalue weighted by Gasteiger charge is 2.29. The van der Waals surface area contributed by atoms with Gasteiger partial charge >= 0.3 is 0 Å². The van der Waals surface area contributed by atoms with E-state index < -0.39 is 17.7 Å². The molecule has 0 saturated carbocycles. The van der Waals surface area contributed by atoms with Crippen LogP contribution in [0.4, 0.5) is 14.5 Å². The fraction of sp³-hybridized carbons (Fsp3) is 0.625. The molecule has 2 unspecified atom stereocenters. The van der Waals surface area contributed by atoms with Crippen molar-refractivity contribution in [1.29, 1.82) is 0 Å². The second-order valence-electron chi connectivity index (χ2n) is 5.82. The number of aliphatic hydroxyl groups excluding tert-OH is 1. The lowest BCUT2D eigenvalue weighted by atomic mass is 10.0. The molecule has 0 spiro atoms. The predicted molar refractivity (Wildman–Crippen MR) is 80.4 cm³/mol. The van der Waals surface area contributed by atoms with E-state index in [1.54, 1.807) is 11.8 Å². The molecule has 1 aliphatic heterocycles. The maximum Gasteiger partial charge on any atom is 0.149 e. The fourth-order valence-corrected chi connectivity index (χ4v) is 2.82. The Hall–Kier alpha value is -1.20. The summed E-state index contributed by atoms with van der Waals surface area (Å²) in [5, 5.41) is 12.7. The first-order valence-electron chi connectivity index (χ1n) is 7.64. The van der Waals surface area contributed by atoms with E-state index in [-0.39, 0.29) is 11.6 Å². The van der Waals surface area contributed by atoms with Gasteiger partial charge < -0.3 is 15.3 Å². The second-order valence-corrected chi connectivity index (χ2v) is 5.82. The third-order valence-corrected chi connectivity index (χ3v) is 4.06. The zero-order valence-electron chi connectivity index (χ0n) is 12.7. The highest BCUT2D eigenvalue weighted by atomic mass is 19.1. The number of benzene rings is 1. The topological polar surface area (TPSA) is 35.5 Å². The van der Waals surface area contributed by atoms with Gasteiger partial charge in [0, 0.05) is 25.6 Å². The van der Waals surface area contributed by atoms with Crippen LogP contribution in [0.15, 0.2) is 12.1 Å². The summed E-state index contributed by atoms with van der Waals surface area (Å²) in [6.45, 7) is 6.15. The van der Waals surface area contributed by atoms with Gasteiger partial charge in [-0.1, -0.05) is 6.92 Å². The maximum atomic E-state index is 14.2. The molecule has 1 heterocycles. The molecule has 3 nitrogen and oxygen atoms in total. The summed E-state index contributed by atoms with van der Waals surface area (Å²) in [6, 6.07) is 2.80. The Labute approximate surface area is 125 Å². The van der Waals surface area contributed by atoms with Crippen LogP contribution in [0.1, 0.15) is 32.3 Å². The van der Waals surface area contributed by atoms with Gasteiger partial charge in [-0.25, -0.2) is 8.78 Å². The molecule has 1 fully saturated rings. The molecule has 118 valence electrons. The van der Waals surface area contributed by atoms with Gasteiger partial charge in [-0.05, 0) is 44.0 Å². The number of aliphatic hydroxyl groups is 1. The Morgan fingerprint density at radius 3 is 2.57 bits per heavy atom. The van der Waals surface area contributed by atoms with Gasteiger partial charge in [-0.15, -0.1) is 0 Å². The van der Waals surface area contributed by atoms with Gasteiger partial charge in [0.15, 0.2) is 0 Å². The Morgan fingerprint density at radius 1 is 1.38 bits per heavy atom. The Balaban J connectivity index is 2.10. The first-order valence-corrected chi connectivity index (χ1v) is 7.64. The lowest BCUT2D eigenvalue weighted by molar-refractivity contribution is 0.136. The smallest absolute Gasteiger partial charge is 0.149 e. The molecular weight excluding hydrogens is 274 g/mol. The number of nitrogens with one attached hydrogen (secondary N) is 1. The Bertz CT molecular complexity index is 456. The van der Waals surface area contributed by atoms with Crippen molar-refractivity contribution >= 4 is 5.69 Å². The first kappa shape index (κ1) is 16.2. The van der Waals surface area contributed by atoms with Crippen molar-refractivity contribution in [2.75, 3.05) is 24.5 Å². The van der Waals surface area contributed by atoms with Crippen LogP contribution in [-0.2, 0) is 6.54 Å². The first-order chi connectivity index (χ1) is 10.0. The molecule has 2 rings (SSSR count). The molecule has 1 aromatic rings. The number of rotatable bonds is 6. The average molecular weight is 298 g/mol. The van der Waals surface area contributed by atoms with Crippen molar-refractivity contribution in [3.05, 3.63) is 29.3 Å². The number of anilines is 1. The predicted octanol–water partition coefficient (Wildman–Crippen LogP) is 2.67. The SMILES string of the molecule is CCCNCc1cc(F)c(N2CCC(C(C)O)C2)c(F)c1. The largest absolute Gasteiger partial charge is 0.393 e. The third kappa shape index (κ3) is 3.92. The van der Waals surface area contributed by atoms with Crippen molar-refractivity contribution in [1.82, 2.24) is 5.32 Å². The standard InChI is InChI=1S/C16H24F2N2O/c1-3-5-19-9-12-7-14(17)16(15(18)8-12)20-6-4-13(10-20)11(2)21/h7-8,11,13,19,21H,3-6,9-10H2,1-2H3. The van der Waals surface area contributed by atoms with Crippen LogP contribution < -0.4 is 10.2 Å². The minimum Gasteiger partial charge on any atom is -0.393 e. The maximum absolute atomic E-state index is 14.2. The summed E-state index contributed by atoms with van der Waals surface area (Å²) in [4.78, 5) is 1.70. The van der Waals surface area contributed by atoms with Crippen LogP contribution >= 0.6 is 0 Å². The molecule has 1 aliphatic rings. The van der Waals surface area contributed by atoms with Gasteiger partial charge in [-0.2, -0.15) is 0 Å². The molecule has 1 aromatic carbocycles. The lowest BCUT2D eigenvalue weighted by Crippen LogP contribution is -2.25. The number of hydrogen-bond acceptors (Lipinski definition) is 3. The summed E-state index contributed by atoms with van der Waals surface area (Å²) in [7, 11) is 0. The molecule has 0 radical (unpaired) electrons. The van der Waals surface area contributed by atoms with E-state index in [0.717, 1.165) is 19.4 Å². The van der Waals surface area contributed by atoms with E-state index in [4.69, 9.17) is 0 Å². The normalized spacial score (nSPS) is 20.0. The molecule has 2 N–H and O–H groups in total. The van der Waals surface area contributed by atoms with Crippen molar-refractivity contribution < 1.29 is 13.9 Å². The summed E-state index contributed by atoms with van der Waals surface area (Å²) in [5.41, 5.74) is 0.658. The van der Waals surface area contributed by atoms with E-state index in [0.29, 0.717) is 25.2 Å². The number of halogens is 2. The van der Waals surface area contributed by atoms with Crippen LogP contribution in [-0.4, -0.2) is 30.8 Å². The minimum absolute atomic E-state index is 0.0393. The molecule has 0 aliphatic carbocycles. The van der Waals surface area contributed by atoms with Crippen LogP contribution in [0.25, 0.3) is 0 Å². The number of hydrogen-bond donors (Lipinski definition) is 2. The number of nitrogens with zero attached hydrogens (tertiary/aromatic N) is 1. The van der Waals surface area contributed by atoms with Gasteiger partial charge in [0.1, 0.15) is 17.3 Å². The summed E-state index contributed by atoms with van der Waals surface area (Å²) in [6.07, 6.45) is 1.30. The summed E-state index contributed by atoms with van der Waals surface area (Å²) in [5.74, 6) is -0.959. The van der Waals surface area contributed by atoms with Crippen molar-refractivity contribution in [2.24, 2.45) is 5.92 Å². The zero-order chi connectivity index (χ0) is 15.4. The van der Waals surface area contributed by atoms with Crippen LogP contribution in [0, 0.1) is 17.6 Å². The zero-order valence-corrected chi connectivity index (χ0v) is 12.7. The van der Waals surface area contributed by atoms with Gasteiger partial charge in [-0.3, -0.25) is 0 Å². The molecule has 1 saturated heterocycles. The van der Waals surface area contributed by atoms with Gasteiger partial charge in [0.25, 0.3) is 0 Å².